The van der Waals surface area contributed by atoms with Crippen molar-refractivity contribution in [3.05, 3.63) is 53.7 Å². The van der Waals surface area contributed by atoms with E-state index in [2.05, 4.69) is 15.6 Å². The number of aryl methyl sites for hydroxylation is 2. The van der Waals surface area contributed by atoms with Gasteiger partial charge >= 0.3 is 11.8 Å². The molecule has 0 unspecified atom stereocenters. The Morgan fingerprint density at radius 3 is 2.20 bits per heavy atom. The quantitative estimate of drug-likeness (QED) is 0.822. The summed E-state index contributed by atoms with van der Waals surface area (Å²) in [4.78, 5) is 27.4. The minimum Gasteiger partial charge on any atom is -0.318 e. The Hall–Kier alpha value is -2.69. The van der Waals surface area contributed by atoms with E-state index in [-0.39, 0.29) is 0 Å². The van der Waals surface area contributed by atoms with Gasteiger partial charge in [0.25, 0.3) is 0 Å². The lowest BCUT2D eigenvalue weighted by Gasteiger charge is -2.07. The second-order valence-electron chi connectivity index (χ2n) is 4.50. The summed E-state index contributed by atoms with van der Waals surface area (Å²) in [6.07, 6.45) is 1.54. The molecule has 0 fully saturated rings. The standard InChI is InChI=1S/C15H15N3O2/c1-10-7-11(2)9-12(8-10)17-14(19)15(20)18-13-5-3-4-6-16-13/h3-9H,1-2H3,(H,17,19)(H,16,18,20). The number of aromatic nitrogens is 1. The van der Waals surface area contributed by atoms with Gasteiger partial charge in [-0.05, 0) is 49.2 Å². The average molecular weight is 269 g/mol. The van der Waals surface area contributed by atoms with E-state index in [0.29, 0.717) is 11.5 Å². The third-order valence-corrected chi connectivity index (χ3v) is 2.59. The fraction of sp³-hybridized carbons (Fsp3) is 0.133. The van der Waals surface area contributed by atoms with E-state index in [1.54, 1.807) is 30.3 Å². The number of amides is 2. The van der Waals surface area contributed by atoms with Gasteiger partial charge < -0.3 is 10.6 Å². The van der Waals surface area contributed by atoms with Gasteiger partial charge in [0.15, 0.2) is 0 Å². The lowest BCUT2D eigenvalue weighted by molar-refractivity contribution is -0.133. The molecule has 20 heavy (non-hydrogen) atoms. The summed E-state index contributed by atoms with van der Waals surface area (Å²) in [7, 11) is 0. The first-order valence-corrected chi connectivity index (χ1v) is 6.16. The number of carbonyl (C=O) groups excluding carboxylic acids is 2. The van der Waals surface area contributed by atoms with Crippen LogP contribution in [0.3, 0.4) is 0 Å². The van der Waals surface area contributed by atoms with Crippen LogP contribution < -0.4 is 10.6 Å². The second kappa shape index (κ2) is 5.97. The van der Waals surface area contributed by atoms with Crippen molar-refractivity contribution in [3.63, 3.8) is 0 Å². The van der Waals surface area contributed by atoms with Gasteiger partial charge in [-0.1, -0.05) is 12.1 Å². The van der Waals surface area contributed by atoms with Gasteiger partial charge in [0.2, 0.25) is 0 Å². The summed E-state index contributed by atoms with van der Waals surface area (Å²) in [5.41, 5.74) is 2.64. The second-order valence-corrected chi connectivity index (χ2v) is 4.50. The number of carbonyl (C=O) groups is 2. The summed E-state index contributed by atoms with van der Waals surface area (Å²) in [5, 5.41) is 4.99. The zero-order valence-electron chi connectivity index (χ0n) is 11.3. The van der Waals surface area contributed by atoms with Crippen molar-refractivity contribution in [2.24, 2.45) is 0 Å². The third kappa shape index (κ3) is 3.65. The number of hydrogen-bond acceptors (Lipinski definition) is 3. The molecule has 0 radical (unpaired) electrons. The summed E-state index contributed by atoms with van der Waals surface area (Å²) in [5.74, 6) is -1.13. The number of benzene rings is 1. The topological polar surface area (TPSA) is 71.1 Å². The molecular formula is C15H15N3O2. The predicted octanol–water partition coefficient (Wildman–Crippen LogP) is 2.28. The largest absolute Gasteiger partial charge is 0.318 e. The molecule has 2 N–H and O–H groups in total. The van der Waals surface area contributed by atoms with E-state index in [1.807, 2.05) is 19.9 Å². The van der Waals surface area contributed by atoms with E-state index in [1.165, 1.54) is 6.20 Å². The highest BCUT2D eigenvalue weighted by atomic mass is 16.2. The Morgan fingerprint density at radius 2 is 1.60 bits per heavy atom. The van der Waals surface area contributed by atoms with Crippen molar-refractivity contribution in [1.82, 2.24) is 4.98 Å². The van der Waals surface area contributed by atoms with Crippen LogP contribution >= 0.6 is 0 Å². The first-order chi connectivity index (χ1) is 9.54. The average Bonchev–Trinajstić information content (AvgIpc) is 2.38. The predicted molar refractivity (Wildman–Crippen MR) is 77.4 cm³/mol. The summed E-state index contributed by atoms with van der Waals surface area (Å²) >= 11 is 0. The summed E-state index contributed by atoms with van der Waals surface area (Å²) < 4.78 is 0. The molecule has 2 rings (SSSR count). The lowest BCUT2D eigenvalue weighted by Crippen LogP contribution is -2.29. The smallest absolute Gasteiger partial charge is 0.315 e. The minimum atomic E-state index is -0.747. The maximum absolute atomic E-state index is 11.8. The zero-order chi connectivity index (χ0) is 14.5. The van der Waals surface area contributed by atoms with Crippen LogP contribution in [0.25, 0.3) is 0 Å². The van der Waals surface area contributed by atoms with Crippen LogP contribution in [0.1, 0.15) is 11.1 Å². The van der Waals surface area contributed by atoms with Crippen LogP contribution in [0.5, 0.6) is 0 Å². The molecule has 1 aromatic carbocycles. The number of nitrogens with one attached hydrogen (secondary N) is 2. The molecule has 0 aliphatic carbocycles. The first-order valence-electron chi connectivity index (χ1n) is 6.16. The van der Waals surface area contributed by atoms with E-state index in [9.17, 15) is 9.59 Å². The molecule has 0 spiro atoms. The van der Waals surface area contributed by atoms with E-state index in [4.69, 9.17) is 0 Å². The first kappa shape index (κ1) is 13.7. The molecule has 1 heterocycles. The van der Waals surface area contributed by atoms with Crippen LogP contribution in [0, 0.1) is 13.8 Å². The molecule has 0 saturated carbocycles. The number of rotatable bonds is 2. The monoisotopic (exact) mass is 269 g/mol. The normalized spacial score (nSPS) is 9.90. The van der Waals surface area contributed by atoms with Crippen molar-refractivity contribution >= 4 is 23.3 Å². The SMILES string of the molecule is Cc1cc(C)cc(NC(=O)C(=O)Nc2ccccn2)c1. The summed E-state index contributed by atoms with van der Waals surface area (Å²) in [6.45, 7) is 3.85. The third-order valence-electron chi connectivity index (χ3n) is 2.59. The van der Waals surface area contributed by atoms with Crippen molar-refractivity contribution in [2.75, 3.05) is 10.6 Å². The molecule has 2 amide bonds. The Kier molecular flexibility index (Phi) is 4.10. The molecule has 0 aliphatic rings. The van der Waals surface area contributed by atoms with Crippen LogP contribution in [0.2, 0.25) is 0 Å². The van der Waals surface area contributed by atoms with Gasteiger partial charge in [-0.15, -0.1) is 0 Å². The van der Waals surface area contributed by atoms with Crippen LogP contribution in [0.4, 0.5) is 11.5 Å². The lowest BCUT2D eigenvalue weighted by atomic mass is 10.1. The number of pyridine rings is 1. The maximum atomic E-state index is 11.8. The zero-order valence-corrected chi connectivity index (χ0v) is 11.3. The van der Waals surface area contributed by atoms with Gasteiger partial charge in [0.1, 0.15) is 5.82 Å². The number of nitrogens with zero attached hydrogens (tertiary/aromatic N) is 1. The van der Waals surface area contributed by atoms with E-state index >= 15 is 0 Å². The molecule has 0 aliphatic heterocycles. The molecule has 102 valence electrons. The molecule has 0 atom stereocenters. The van der Waals surface area contributed by atoms with Crippen LogP contribution in [-0.2, 0) is 9.59 Å². The van der Waals surface area contributed by atoms with Gasteiger partial charge in [0.05, 0.1) is 0 Å². The molecule has 1 aromatic heterocycles. The molecule has 5 heteroatoms. The van der Waals surface area contributed by atoms with Gasteiger partial charge in [-0.2, -0.15) is 0 Å². The molecule has 0 saturated heterocycles. The Morgan fingerprint density at radius 1 is 0.950 bits per heavy atom. The van der Waals surface area contributed by atoms with Crippen molar-refractivity contribution < 1.29 is 9.59 Å². The molecule has 2 aromatic rings. The van der Waals surface area contributed by atoms with E-state index in [0.717, 1.165) is 11.1 Å². The Labute approximate surface area is 117 Å². The van der Waals surface area contributed by atoms with Crippen molar-refractivity contribution in [3.8, 4) is 0 Å². The Balaban J connectivity index is 2.02. The Bertz CT molecular complexity index is 619. The maximum Gasteiger partial charge on any atom is 0.315 e. The van der Waals surface area contributed by atoms with Gasteiger partial charge in [0, 0.05) is 11.9 Å². The fourth-order valence-corrected chi connectivity index (χ4v) is 1.84. The van der Waals surface area contributed by atoms with Gasteiger partial charge in [-0.3, -0.25) is 9.59 Å². The highest BCUT2D eigenvalue weighted by Crippen LogP contribution is 2.13. The number of hydrogen-bond donors (Lipinski definition) is 2. The van der Waals surface area contributed by atoms with Gasteiger partial charge in [-0.25, -0.2) is 4.98 Å². The van der Waals surface area contributed by atoms with Crippen molar-refractivity contribution in [1.29, 1.82) is 0 Å². The van der Waals surface area contributed by atoms with Crippen LogP contribution in [0.15, 0.2) is 42.6 Å². The minimum absolute atomic E-state index is 0.341. The highest BCUT2D eigenvalue weighted by molar-refractivity contribution is 6.43. The molecular weight excluding hydrogens is 254 g/mol. The molecule has 5 nitrogen and oxygen atoms in total. The van der Waals surface area contributed by atoms with Crippen LogP contribution in [-0.4, -0.2) is 16.8 Å². The fourth-order valence-electron chi connectivity index (χ4n) is 1.84. The highest BCUT2D eigenvalue weighted by Gasteiger charge is 2.14. The summed E-state index contributed by atoms with van der Waals surface area (Å²) in [6, 6.07) is 10.7. The van der Waals surface area contributed by atoms with E-state index < -0.39 is 11.8 Å². The molecule has 0 bridgehead atoms. The number of anilines is 2. The van der Waals surface area contributed by atoms with Crippen molar-refractivity contribution in [2.45, 2.75) is 13.8 Å².